The van der Waals surface area contributed by atoms with Gasteiger partial charge >= 0.3 is 0 Å². The molecule has 5 rings (SSSR count). The predicted molar refractivity (Wildman–Crippen MR) is 138 cm³/mol. The molecule has 2 aromatic carbocycles. The van der Waals surface area contributed by atoms with Crippen LogP contribution >= 0.6 is 11.8 Å². The summed E-state index contributed by atoms with van der Waals surface area (Å²) in [4.78, 5) is 23.1. The Hall–Kier alpha value is -3.13. The molecule has 34 heavy (non-hydrogen) atoms. The van der Waals surface area contributed by atoms with E-state index in [0.717, 1.165) is 61.4 Å². The number of rotatable bonds is 7. The van der Waals surface area contributed by atoms with Gasteiger partial charge in [0.15, 0.2) is 5.17 Å². The molecule has 1 amide bonds. The highest BCUT2D eigenvalue weighted by molar-refractivity contribution is 8.18. The molecule has 0 N–H and O–H groups in total. The van der Waals surface area contributed by atoms with Crippen molar-refractivity contribution >= 4 is 34.6 Å². The predicted octanol–water partition coefficient (Wildman–Crippen LogP) is 4.80. The molecule has 2 aliphatic rings. The number of morpholine rings is 1. The maximum Gasteiger partial charge on any atom is 0.266 e. The van der Waals surface area contributed by atoms with Crippen LogP contribution in [-0.2, 0) is 9.53 Å². The van der Waals surface area contributed by atoms with Gasteiger partial charge in [0, 0.05) is 44.3 Å². The first kappa shape index (κ1) is 22.7. The van der Waals surface area contributed by atoms with Gasteiger partial charge in [-0.25, -0.2) is 4.99 Å². The Balaban J connectivity index is 1.34. The minimum absolute atomic E-state index is 0.0223. The monoisotopic (exact) mass is 472 g/mol. The number of thioether (sulfide) groups is 1. The Bertz CT molecular complexity index is 1170. The van der Waals surface area contributed by atoms with Crippen molar-refractivity contribution in [2.24, 2.45) is 4.99 Å². The van der Waals surface area contributed by atoms with Crippen molar-refractivity contribution in [2.75, 3.05) is 39.4 Å². The molecule has 0 aliphatic carbocycles. The summed E-state index contributed by atoms with van der Waals surface area (Å²) in [5.74, 6) is 0.0223. The van der Waals surface area contributed by atoms with Crippen LogP contribution in [0.5, 0.6) is 0 Å². The molecule has 2 saturated heterocycles. The van der Waals surface area contributed by atoms with E-state index < -0.39 is 0 Å². The number of hydrogen-bond acceptors (Lipinski definition) is 5. The van der Waals surface area contributed by atoms with Crippen LogP contribution in [0.4, 0.5) is 5.69 Å². The lowest BCUT2D eigenvalue weighted by Gasteiger charge is -2.27. The SMILES string of the molecule is O=C1/C(=C\c2ccn(-c3ccccc3)c2)SC(=Nc2ccccc2)N1CCCN1CCOCC1. The van der Waals surface area contributed by atoms with Crippen LogP contribution in [0.3, 0.4) is 0 Å². The second kappa shape index (κ2) is 10.9. The van der Waals surface area contributed by atoms with E-state index in [1.807, 2.05) is 78.0 Å². The smallest absolute Gasteiger partial charge is 0.266 e. The number of amidine groups is 1. The van der Waals surface area contributed by atoms with Crippen LogP contribution in [0.1, 0.15) is 12.0 Å². The van der Waals surface area contributed by atoms with Gasteiger partial charge in [0.2, 0.25) is 0 Å². The largest absolute Gasteiger partial charge is 0.379 e. The van der Waals surface area contributed by atoms with E-state index in [-0.39, 0.29) is 5.91 Å². The molecule has 3 heterocycles. The van der Waals surface area contributed by atoms with Gasteiger partial charge in [0.05, 0.1) is 23.8 Å². The summed E-state index contributed by atoms with van der Waals surface area (Å²) in [5.41, 5.74) is 2.94. The van der Waals surface area contributed by atoms with E-state index in [1.54, 1.807) is 0 Å². The van der Waals surface area contributed by atoms with Crippen molar-refractivity contribution in [3.63, 3.8) is 0 Å². The van der Waals surface area contributed by atoms with Crippen molar-refractivity contribution in [1.82, 2.24) is 14.4 Å². The fourth-order valence-corrected chi connectivity index (χ4v) is 5.11. The number of carbonyl (C=O) groups is 1. The van der Waals surface area contributed by atoms with Crippen LogP contribution in [0.15, 0.2) is 89.0 Å². The molecule has 1 aromatic heterocycles. The zero-order valence-corrected chi connectivity index (χ0v) is 19.9. The van der Waals surface area contributed by atoms with Crippen LogP contribution in [-0.4, -0.2) is 64.8 Å². The zero-order valence-electron chi connectivity index (χ0n) is 19.0. The number of nitrogens with zero attached hydrogens (tertiary/aromatic N) is 4. The fraction of sp³-hybridized carbons (Fsp3) is 0.259. The van der Waals surface area contributed by atoms with Gasteiger partial charge in [-0.15, -0.1) is 0 Å². The normalized spacial score (nSPS) is 19.4. The molecular formula is C27H28N4O2S. The molecule has 2 fully saturated rings. The van der Waals surface area contributed by atoms with Crippen LogP contribution in [0, 0.1) is 0 Å². The van der Waals surface area contributed by atoms with Crippen molar-refractivity contribution in [2.45, 2.75) is 6.42 Å². The number of carbonyl (C=O) groups excluding carboxylic acids is 1. The van der Waals surface area contributed by atoms with E-state index in [2.05, 4.69) is 21.6 Å². The molecule has 0 atom stereocenters. The second-order valence-corrected chi connectivity index (χ2v) is 9.30. The average molecular weight is 473 g/mol. The average Bonchev–Trinajstić information content (AvgIpc) is 3.46. The summed E-state index contributed by atoms with van der Waals surface area (Å²) in [5, 5.41) is 0.743. The number of ether oxygens (including phenoxy) is 1. The molecule has 174 valence electrons. The maximum atomic E-state index is 13.4. The van der Waals surface area contributed by atoms with Gasteiger partial charge in [-0.1, -0.05) is 36.4 Å². The Labute approximate surface area is 204 Å². The molecule has 0 spiro atoms. The lowest BCUT2D eigenvalue weighted by Crippen LogP contribution is -2.38. The first-order valence-corrected chi connectivity index (χ1v) is 12.5. The number of hydrogen-bond donors (Lipinski definition) is 0. The standard InChI is InChI=1S/C27H28N4O2S/c32-26-25(20-22-12-15-30(21-22)24-10-5-2-6-11-24)34-27(28-23-8-3-1-4-9-23)31(26)14-7-13-29-16-18-33-19-17-29/h1-6,8-12,15,20-21H,7,13-14,16-19H2/b25-20+,28-27?. The number of aromatic nitrogens is 1. The van der Waals surface area contributed by atoms with Gasteiger partial charge in [-0.3, -0.25) is 14.6 Å². The number of para-hydroxylation sites is 2. The minimum atomic E-state index is 0.0223. The highest BCUT2D eigenvalue weighted by Crippen LogP contribution is 2.34. The van der Waals surface area contributed by atoms with Crippen LogP contribution in [0.2, 0.25) is 0 Å². The highest BCUT2D eigenvalue weighted by Gasteiger charge is 2.33. The summed E-state index contributed by atoms with van der Waals surface area (Å²) in [7, 11) is 0. The first-order valence-electron chi connectivity index (χ1n) is 11.6. The summed E-state index contributed by atoms with van der Waals surface area (Å²) >= 11 is 1.45. The lowest BCUT2D eigenvalue weighted by molar-refractivity contribution is -0.122. The number of aliphatic imine (C=N–C) groups is 1. The summed E-state index contributed by atoms with van der Waals surface area (Å²) < 4.78 is 7.51. The van der Waals surface area contributed by atoms with Crippen molar-refractivity contribution in [3.05, 3.63) is 89.6 Å². The Kier molecular flexibility index (Phi) is 7.24. The zero-order chi connectivity index (χ0) is 23.2. The lowest BCUT2D eigenvalue weighted by atomic mass is 10.3. The molecule has 0 saturated carbocycles. The van der Waals surface area contributed by atoms with Gasteiger partial charge < -0.3 is 9.30 Å². The molecule has 6 nitrogen and oxygen atoms in total. The highest BCUT2D eigenvalue weighted by atomic mass is 32.2. The third-order valence-electron chi connectivity index (χ3n) is 5.90. The molecule has 0 radical (unpaired) electrons. The quantitative estimate of drug-likeness (QED) is 0.464. The fourth-order valence-electron chi connectivity index (χ4n) is 4.09. The molecule has 2 aliphatic heterocycles. The Morgan fingerprint density at radius 3 is 2.44 bits per heavy atom. The Morgan fingerprint density at radius 1 is 0.941 bits per heavy atom. The van der Waals surface area contributed by atoms with Crippen LogP contribution in [0.25, 0.3) is 11.8 Å². The first-order chi connectivity index (χ1) is 16.8. The van der Waals surface area contributed by atoms with Gasteiger partial charge in [-0.05, 0) is 60.2 Å². The van der Waals surface area contributed by atoms with E-state index in [9.17, 15) is 4.79 Å². The Morgan fingerprint density at radius 2 is 1.68 bits per heavy atom. The summed E-state index contributed by atoms with van der Waals surface area (Å²) in [6, 6.07) is 22.0. The third-order valence-corrected chi connectivity index (χ3v) is 6.90. The van der Waals surface area contributed by atoms with Crippen molar-refractivity contribution in [3.8, 4) is 5.69 Å². The molecule has 7 heteroatoms. The van der Waals surface area contributed by atoms with E-state index >= 15 is 0 Å². The van der Waals surface area contributed by atoms with E-state index in [0.29, 0.717) is 11.4 Å². The second-order valence-electron chi connectivity index (χ2n) is 8.29. The summed E-state index contributed by atoms with van der Waals surface area (Å²) in [6.45, 7) is 5.09. The topological polar surface area (TPSA) is 50.1 Å². The molecule has 0 unspecified atom stereocenters. The summed E-state index contributed by atoms with van der Waals surface area (Å²) in [6.07, 6.45) is 6.93. The minimum Gasteiger partial charge on any atom is -0.379 e. The van der Waals surface area contributed by atoms with Gasteiger partial charge in [0.25, 0.3) is 5.91 Å². The van der Waals surface area contributed by atoms with Gasteiger partial charge in [-0.2, -0.15) is 0 Å². The van der Waals surface area contributed by atoms with E-state index in [4.69, 9.17) is 9.73 Å². The van der Waals surface area contributed by atoms with Gasteiger partial charge in [0.1, 0.15) is 0 Å². The molecule has 0 bridgehead atoms. The molecular weight excluding hydrogens is 444 g/mol. The van der Waals surface area contributed by atoms with Crippen molar-refractivity contribution < 1.29 is 9.53 Å². The van der Waals surface area contributed by atoms with Crippen LogP contribution < -0.4 is 0 Å². The number of amides is 1. The maximum absolute atomic E-state index is 13.4. The third kappa shape index (κ3) is 5.50. The molecule has 3 aromatic rings. The van der Waals surface area contributed by atoms with Crippen molar-refractivity contribution in [1.29, 1.82) is 0 Å². The number of benzene rings is 2. The van der Waals surface area contributed by atoms with E-state index in [1.165, 1.54) is 11.8 Å².